The minimum Gasteiger partial charge on any atom is -0.460 e. The Kier molecular flexibility index (Phi) is 7.56. The third-order valence-electron chi connectivity index (χ3n) is 2.53. The van der Waals surface area contributed by atoms with Crippen molar-refractivity contribution in [3.8, 4) is 5.75 Å². The van der Waals surface area contributed by atoms with E-state index in [4.69, 9.17) is 14.2 Å². The first-order valence-electron chi connectivity index (χ1n) is 6.36. The molecule has 7 nitrogen and oxygen atoms in total. The van der Waals surface area contributed by atoms with E-state index in [-0.39, 0.29) is 18.2 Å². The van der Waals surface area contributed by atoms with Crippen LogP contribution in [-0.4, -0.2) is 38.6 Å². The summed E-state index contributed by atoms with van der Waals surface area (Å²) in [4.78, 5) is 10.6. The fraction of sp³-hybridized carbons (Fsp3) is 0.538. The number of rotatable bonds is 10. The summed E-state index contributed by atoms with van der Waals surface area (Å²) in [5.41, 5.74) is 0.757. The molecule has 0 heterocycles. The highest BCUT2D eigenvalue weighted by Crippen LogP contribution is 2.27. The summed E-state index contributed by atoms with van der Waals surface area (Å²) in [6, 6.07) is 4.87. The molecule has 0 aliphatic carbocycles. The fourth-order valence-electron chi connectivity index (χ4n) is 1.53. The molecule has 0 saturated carbocycles. The van der Waals surface area contributed by atoms with Crippen LogP contribution in [0.4, 0.5) is 5.69 Å². The van der Waals surface area contributed by atoms with E-state index in [0.29, 0.717) is 26.3 Å². The molecule has 20 heavy (non-hydrogen) atoms. The van der Waals surface area contributed by atoms with E-state index in [2.05, 4.69) is 5.32 Å². The normalized spacial score (nSPS) is 10.5. The smallest absolute Gasteiger partial charge is 0.311 e. The number of hydrogen-bond acceptors (Lipinski definition) is 6. The van der Waals surface area contributed by atoms with Crippen molar-refractivity contribution < 1.29 is 19.1 Å². The molecule has 0 saturated heterocycles. The number of nitrogens with zero attached hydrogens (tertiary/aromatic N) is 1. The monoisotopic (exact) mass is 284 g/mol. The molecular formula is C13H20N2O5. The van der Waals surface area contributed by atoms with Crippen LogP contribution in [0, 0.1) is 10.1 Å². The lowest BCUT2D eigenvalue weighted by Gasteiger charge is -2.08. The van der Waals surface area contributed by atoms with Gasteiger partial charge in [-0.05, 0) is 18.6 Å². The van der Waals surface area contributed by atoms with Crippen LogP contribution in [0.1, 0.15) is 12.5 Å². The Balaban J connectivity index is 2.66. The van der Waals surface area contributed by atoms with Gasteiger partial charge in [-0.1, -0.05) is 6.07 Å². The van der Waals surface area contributed by atoms with Crippen LogP contribution in [0.25, 0.3) is 0 Å². The predicted molar refractivity (Wildman–Crippen MR) is 73.8 cm³/mol. The van der Waals surface area contributed by atoms with Gasteiger partial charge < -0.3 is 19.5 Å². The Morgan fingerprint density at radius 2 is 2.20 bits per heavy atom. The zero-order valence-electron chi connectivity index (χ0n) is 11.8. The second-order valence-electron chi connectivity index (χ2n) is 3.98. The summed E-state index contributed by atoms with van der Waals surface area (Å²) >= 11 is 0. The lowest BCUT2D eigenvalue weighted by Crippen LogP contribution is -2.18. The maximum absolute atomic E-state index is 11.0. The highest BCUT2D eigenvalue weighted by atomic mass is 16.7. The van der Waals surface area contributed by atoms with Crippen molar-refractivity contribution in [2.45, 2.75) is 13.5 Å². The van der Waals surface area contributed by atoms with E-state index in [1.54, 1.807) is 19.2 Å². The average molecular weight is 284 g/mol. The third-order valence-corrected chi connectivity index (χ3v) is 2.53. The number of nitro groups is 1. The number of methoxy groups -OCH3 is 1. The van der Waals surface area contributed by atoms with Crippen molar-refractivity contribution in [1.82, 2.24) is 5.32 Å². The van der Waals surface area contributed by atoms with Crippen LogP contribution in [0.2, 0.25) is 0 Å². The number of ether oxygens (including phenoxy) is 3. The molecule has 0 aromatic heterocycles. The van der Waals surface area contributed by atoms with Crippen LogP contribution in [-0.2, 0) is 16.0 Å². The number of nitro benzene ring substituents is 1. The van der Waals surface area contributed by atoms with E-state index in [9.17, 15) is 10.1 Å². The molecule has 0 atom stereocenters. The Labute approximate surface area is 118 Å². The van der Waals surface area contributed by atoms with E-state index in [1.165, 1.54) is 6.07 Å². The number of benzene rings is 1. The summed E-state index contributed by atoms with van der Waals surface area (Å²) in [6.07, 6.45) is 0. The molecule has 0 radical (unpaired) electrons. The first kappa shape index (κ1) is 16.4. The van der Waals surface area contributed by atoms with Crippen LogP contribution in [0.3, 0.4) is 0 Å². The molecule has 1 aromatic rings. The van der Waals surface area contributed by atoms with Crippen LogP contribution in [0.5, 0.6) is 5.75 Å². The van der Waals surface area contributed by atoms with Crippen molar-refractivity contribution in [3.05, 3.63) is 33.9 Å². The minimum atomic E-state index is -0.458. The van der Waals surface area contributed by atoms with Gasteiger partial charge >= 0.3 is 5.69 Å². The molecule has 0 fully saturated rings. The molecule has 7 heteroatoms. The zero-order chi connectivity index (χ0) is 14.8. The van der Waals surface area contributed by atoms with Gasteiger partial charge in [0, 0.05) is 32.9 Å². The molecule has 0 bridgehead atoms. The number of hydrogen-bond donors (Lipinski definition) is 1. The van der Waals surface area contributed by atoms with Crippen molar-refractivity contribution in [1.29, 1.82) is 0 Å². The van der Waals surface area contributed by atoms with Crippen molar-refractivity contribution >= 4 is 5.69 Å². The van der Waals surface area contributed by atoms with Gasteiger partial charge in [-0.15, -0.1) is 0 Å². The molecule has 0 unspecified atom stereocenters. The second-order valence-corrected chi connectivity index (χ2v) is 3.98. The topological polar surface area (TPSA) is 82.9 Å². The van der Waals surface area contributed by atoms with Crippen molar-refractivity contribution in [2.75, 3.05) is 33.7 Å². The lowest BCUT2D eigenvalue weighted by atomic mass is 10.2. The first-order chi connectivity index (χ1) is 9.69. The second kappa shape index (κ2) is 9.24. The highest BCUT2D eigenvalue weighted by molar-refractivity contribution is 5.48. The average Bonchev–Trinajstić information content (AvgIpc) is 2.44. The van der Waals surface area contributed by atoms with Gasteiger partial charge in [0.25, 0.3) is 0 Å². The summed E-state index contributed by atoms with van der Waals surface area (Å²) in [6.45, 7) is 4.14. The van der Waals surface area contributed by atoms with E-state index >= 15 is 0 Å². The highest BCUT2D eigenvalue weighted by Gasteiger charge is 2.15. The summed E-state index contributed by atoms with van der Waals surface area (Å²) < 4.78 is 15.2. The molecule has 0 aliphatic rings. The molecule has 0 amide bonds. The van der Waals surface area contributed by atoms with Crippen LogP contribution in [0.15, 0.2) is 18.2 Å². The summed E-state index contributed by atoms with van der Waals surface area (Å²) in [5, 5.41) is 14.2. The maximum atomic E-state index is 11.0. The summed E-state index contributed by atoms with van der Waals surface area (Å²) in [5.74, 6) is 0.212. The Morgan fingerprint density at radius 3 is 2.85 bits per heavy atom. The molecule has 1 rings (SSSR count). The summed E-state index contributed by atoms with van der Waals surface area (Å²) in [7, 11) is 1.62. The van der Waals surface area contributed by atoms with Gasteiger partial charge in [-0.25, -0.2) is 0 Å². The Morgan fingerprint density at radius 1 is 1.40 bits per heavy atom. The molecule has 0 aliphatic heterocycles. The van der Waals surface area contributed by atoms with Gasteiger partial charge in [0.2, 0.25) is 0 Å². The van der Waals surface area contributed by atoms with E-state index < -0.39 is 4.92 Å². The Hall–Kier alpha value is -1.70. The Bertz CT molecular complexity index is 425. The zero-order valence-corrected chi connectivity index (χ0v) is 11.8. The van der Waals surface area contributed by atoms with E-state index in [0.717, 1.165) is 5.56 Å². The largest absolute Gasteiger partial charge is 0.460 e. The first-order valence-corrected chi connectivity index (χ1v) is 6.36. The molecule has 0 spiro atoms. The standard InChI is InChI=1S/C13H20N2O5/c1-3-19-10-20-13-5-4-11(8-12(13)15(16)17)9-14-6-7-18-2/h4-5,8,14H,3,6-7,9-10H2,1-2H3. The lowest BCUT2D eigenvalue weighted by molar-refractivity contribution is -0.386. The SMILES string of the molecule is CCOCOc1ccc(CNCCOC)cc1[N+](=O)[O-]. The van der Waals surface area contributed by atoms with Crippen molar-refractivity contribution in [2.24, 2.45) is 0 Å². The molecule has 112 valence electrons. The minimum absolute atomic E-state index is 0.00275. The quantitative estimate of drug-likeness (QED) is 0.305. The number of nitrogens with one attached hydrogen (secondary N) is 1. The van der Waals surface area contributed by atoms with Gasteiger partial charge in [0.05, 0.1) is 11.5 Å². The van der Waals surface area contributed by atoms with Gasteiger partial charge in [-0.2, -0.15) is 0 Å². The maximum Gasteiger partial charge on any atom is 0.311 e. The van der Waals surface area contributed by atoms with Gasteiger partial charge in [0.15, 0.2) is 12.5 Å². The fourth-order valence-corrected chi connectivity index (χ4v) is 1.53. The predicted octanol–water partition coefficient (Wildman–Crippen LogP) is 1.70. The van der Waals surface area contributed by atoms with Gasteiger partial charge in [-0.3, -0.25) is 10.1 Å². The van der Waals surface area contributed by atoms with Crippen LogP contribution < -0.4 is 10.1 Å². The van der Waals surface area contributed by atoms with E-state index in [1.807, 2.05) is 6.92 Å². The van der Waals surface area contributed by atoms with Crippen molar-refractivity contribution in [3.63, 3.8) is 0 Å². The van der Waals surface area contributed by atoms with Gasteiger partial charge in [0.1, 0.15) is 0 Å². The molecular weight excluding hydrogens is 264 g/mol. The third kappa shape index (κ3) is 5.52. The molecule has 1 aromatic carbocycles. The van der Waals surface area contributed by atoms with Crippen LogP contribution >= 0.6 is 0 Å². The molecule has 1 N–H and O–H groups in total.